The van der Waals surface area contributed by atoms with E-state index in [1.165, 1.54) is 12.8 Å². The maximum Gasteiger partial charge on any atom is 0.0645 e. The molecule has 0 heterocycles. The van der Waals surface area contributed by atoms with Crippen LogP contribution >= 0.6 is 15.9 Å². The van der Waals surface area contributed by atoms with Gasteiger partial charge in [-0.05, 0) is 12.8 Å². The van der Waals surface area contributed by atoms with Crippen molar-refractivity contribution in [2.45, 2.75) is 12.8 Å². The minimum atomic E-state index is 0.762. The Hall–Kier alpha value is 0.0400. The van der Waals surface area contributed by atoms with Gasteiger partial charge in [-0.2, -0.15) is 0 Å². The highest BCUT2D eigenvalue weighted by atomic mass is 79.9. The van der Waals surface area contributed by atoms with Crippen LogP contribution in [0, 0.1) is 17.8 Å². The van der Waals surface area contributed by atoms with Crippen LogP contribution in [-0.2, 0) is 0 Å². The monoisotopic (exact) mass is 158 g/mol. The predicted molar refractivity (Wildman–Crippen MR) is 34.3 cm³/mol. The summed E-state index contributed by atoms with van der Waals surface area (Å²) in [5, 5.41) is 0.837. The molecule has 0 N–H and O–H groups in total. The Morgan fingerprint density at radius 1 is 1.57 bits per heavy atom. The summed E-state index contributed by atoms with van der Waals surface area (Å²) in [5.74, 6) is 6.85. The van der Waals surface area contributed by atoms with E-state index in [1.54, 1.807) is 0 Å². The van der Waals surface area contributed by atoms with Gasteiger partial charge < -0.3 is 0 Å². The minimum Gasteiger partial charge on any atom is -0.0990 e. The molecule has 0 spiro atoms. The normalized spacial score (nSPS) is 17.9. The van der Waals surface area contributed by atoms with E-state index in [4.69, 9.17) is 0 Å². The first-order chi connectivity index (χ1) is 3.43. The number of hydrogen-bond acceptors (Lipinski definition) is 0. The first kappa shape index (κ1) is 5.18. The fraction of sp³-hybridized carbons (Fsp3) is 0.667. The van der Waals surface area contributed by atoms with Crippen molar-refractivity contribution in [1.29, 1.82) is 0 Å². The second-order valence-corrected chi connectivity index (χ2v) is 2.29. The molecular formula is C6H7Br. The van der Waals surface area contributed by atoms with Crippen LogP contribution in [0.15, 0.2) is 0 Å². The Morgan fingerprint density at radius 3 is 2.71 bits per heavy atom. The lowest BCUT2D eigenvalue weighted by atomic mass is 10.4. The van der Waals surface area contributed by atoms with Crippen molar-refractivity contribution in [2.75, 3.05) is 5.33 Å². The molecule has 0 unspecified atom stereocenters. The quantitative estimate of drug-likeness (QED) is 0.373. The summed E-state index contributed by atoms with van der Waals surface area (Å²) in [5.41, 5.74) is 0. The van der Waals surface area contributed by atoms with Crippen LogP contribution in [-0.4, -0.2) is 5.33 Å². The third kappa shape index (κ3) is 1.99. The van der Waals surface area contributed by atoms with Crippen LogP contribution in [0.5, 0.6) is 0 Å². The van der Waals surface area contributed by atoms with E-state index in [0.29, 0.717) is 0 Å². The molecule has 0 aromatic carbocycles. The molecule has 1 aliphatic rings. The molecule has 1 heteroatoms. The Kier molecular flexibility index (Phi) is 1.76. The maximum atomic E-state index is 3.23. The van der Waals surface area contributed by atoms with Crippen LogP contribution in [0.4, 0.5) is 0 Å². The van der Waals surface area contributed by atoms with Gasteiger partial charge in [0.1, 0.15) is 0 Å². The minimum absolute atomic E-state index is 0.762. The third-order valence-electron chi connectivity index (χ3n) is 0.950. The van der Waals surface area contributed by atoms with Crippen molar-refractivity contribution < 1.29 is 0 Å². The Morgan fingerprint density at radius 2 is 2.29 bits per heavy atom. The largest absolute Gasteiger partial charge is 0.0990 e. The van der Waals surface area contributed by atoms with Gasteiger partial charge in [0, 0.05) is 5.92 Å². The van der Waals surface area contributed by atoms with E-state index >= 15 is 0 Å². The van der Waals surface area contributed by atoms with Crippen molar-refractivity contribution in [2.24, 2.45) is 5.92 Å². The van der Waals surface area contributed by atoms with E-state index in [-0.39, 0.29) is 0 Å². The molecule has 38 valence electrons. The maximum absolute atomic E-state index is 3.23. The zero-order chi connectivity index (χ0) is 5.11. The van der Waals surface area contributed by atoms with Crippen molar-refractivity contribution in [1.82, 2.24) is 0 Å². The fourth-order valence-corrected chi connectivity index (χ4v) is 0.572. The number of halogens is 1. The molecule has 0 atom stereocenters. The molecule has 0 nitrogen and oxygen atoms in total. The van der Waals surface area contributed by atoms with Gasteiger partial charge >= 0.3 is 0 Å². The summed E-state index contributed by atoms with van der Waals surface area (Å²) in [4.78, 5) is 0. The lowest BCUT2D eigenvalue weighted by molar-refractivity contribution is 1.18. The SMILES string of the molecule is BrCC#CC1CC1. The zero-order valence-electron chi connectivity index (χ0n) is 4.08. The number of rotatable bonds is 0. The molecule has 0 aliphatic heterocycles. The van der Waals surface area contributed by atoms with Crippen LogP contribution < -0.4 is 0 Å². The molecular weight excluding hydrogens is 152 g/mol. The van der Waals surface area contributed by atoms with Gasteiger partial charge in [0.2, 0.25) is 0 Å². The van der Waals surface area contributed by atoms with E-state index in [1.807, 2.05) is 0 Å². The van der Waals surface area contributed by atoms with Gasteiger partial charge in [-0.15, -0.1) is 0 Å². The van der Waals surface area contributed by atoms with Crippen molar-refractivity contribution in [3.8, 4) is 11.8 Å². The molecule has 1 rings (SSSR count). The van der Waals surface area contributed by atoms with Gasteiger partial charge in [0.05, 0.1) is 5.33 Å². The summed E-state index contributed by atoms with van der Waals surface area (Å²) >= 11 is 3.23. The van der Waals surface area contributed by atoms with Gasteiger partial charge in [-0.1, -0.05) is 27.8 Å². The van der Waals surface area contributed by atoms with Crippen molar-refractivity contribution in [3.63, 3.8) is 0 Å². The van der Waals surface area contributed by atoms with E-state index < -0.39 is 0 Å². The highest BCUT2D eigenvalue weighted by Gasteiger charge is 2.17. The third-order valence-corrected chi connectivity index (χ3v) is 1.23. The second-order valence-electron chi connectivity index (χ2n) is 1.73. The van der Waals surface area contributed by atoms with Gasteiger partial charge in [0.15, 0.2) is 0 Å². The zero-order valence-corrected chi connectivity index (χ0v) is 5.66. The van der Waals surface area contributed by atoms with Gasteiger partial charge in [-0.25, -0.2) is 0 Å². The van der Waals surface area contributed by atoms with E-state index in [2.05, 4.69) is 27.8 Å². The smallest absolute Gasteiger partial charge is 0.0645 e. The summed E-state index contributed by atoms with van der Waals surface area (Å²) in [6.45, 7) is 0. The predicted octanol–water partition coefficient (Wildman–Crippen LogP) is 1.79. The second kappa shape index (κ2) is 2.37. The van der Waals surface area contributed by atoms with E-state index in [0.717, 1.165) is 11.2 Å². The molecule has 0 bridgehead atoms. The number of hydrogen-bond donors (Lipinski definition) is 0. The summed E-state index contributed by atoms with van der Waals surface area (Å²) in [6.07, 6.45) is 2.67. The van der Waals surface area contributed by atoms with Gasteiger partial charge in [-0.3, -0.25) is 0 Å². The highest BCUT2D eigenvalue weighted by Crippen LogP contribution is 2.27. The van der Waals surface area contributed by atoms with Crippen LogP contribution in [0.25, 0.3) is 0 Å². The average Bonchev–Trinajstić information content (AvgIpc) is 2.42. The van der Waals surface area contributed by atoms with Crippen molar-refractivity contribution >= 4 is 15.9 Å². The fourth-order valence-electron chi connectivity index (χ4n) is 0.411. The van der Waals surface area contributed by atoms with Crippen molar-refractivity contribution in [3.05, 3.63) is 0 Å². The lowest BCUT2D eigenvalue weighted by Crippen LogP contribution is -1.62. The standard InChI is InChI=1S/C6H7Br/c7-5-1-2-6-3-4-6/h6H,3-5H2. The van der Waals surface area contributed by atoms with Crippen LogP contribution in [0.1, 0.15) is 12.8 Å². The molecule has 0 radical (unpaired) electrons. The molecule has 1 aliphatic carbocycles. The molecule has 1 saturated carbocycles. The molecule has 0 amide bonds. The molecule has 7 heavy (non-hydrogen) atoms. The highest BCUT2D eigenvalue weighted by molar-refractivity contribution is 9.09. The van der Waals surface area contributed by atoms with Crippen LogP contribution in [0.2, 0.25) is 0 Å². The topological polar surface area (TPSA) is 0 Å². The summed E-state index contributed by atoms with van der Waals surface area (Å²) in [6, 6.07) is 0. The molecule has 0 aromatic heterocycles. The molecule has 0 aromatic rings. The van der Waals surface area contributed by atoms with E-state index in [9.17, 15) is 0 Å². The van der Waals surface area contributed by atoms with Crippen LogP contribution in [0.3, 0.4) is 0 Å². The summed E-state index contributed by atoms with van der Waals surface area (Å²) < 4.78 is 0. The molecule has 0 saturated heterocycles. The summed E-state index contributed by atoms with van der Waals surface area (Å²) in [7, 11) is 0. The lowest BCUT2D eigenvalue weighted by Gasteiger charge is -1.67. The Bertz CT molecular complexity index is 103. The Labute approximate surface area is 52.4 Å². The number of alkyl halides is 1. The molecule has 1 fully saturated rings. The van der Waals surface area contributed by atoms with Gasteiger partial charge in [0.25, 0.3) is 0 Å². The first-order valence-electron chi connectivity index (χ1n) is 2.48. The average molecular weight is 159 g/mol. The first-order valence-corrected chi connectivity index (χ1v) is 3.60. The Balaban J connectivity index is 2.16.